The van der Waals surface area contributed by atoms with Crippen molar-refractivity contribution in [3.63, 3.8) is 0 Å². The lowest BCUT2D eigenvalue weighted by molar-refractivity contribution is -0.427. The van der Waals surface area contributed by atoms with Gasteiger partial charge in [0.25, 0.3) is 0 Å². The van der Waals surface area contributed by atoms with Crippen molar-refractivity contribution in [1.82, 2.24) is 0 Å². The molecule has 0 aromatic heterocycles. The summed E-state index contributed by atoms with van der Waals surface area (Å²) in [5, 5.41) is 35.9. The highest BCUT2D eigenvalue weighted by atomic mass is 16.8. The van der Waals surface area contributed by atoms with Crippen LogP contribution in [0.3, 0.4) is 0 Å². The molecular formula is C42H64N2O9. The first-order valence-corrected chi connectivity index (χ1v) is 20.8. The van der Waals surface area contributed by atoms with Crippen LogP contribution in [0.1, 0.15) is 130 Å². The molecule has 6 fully saturated rings. The van der Waals surface area contributed by atoms with Gasteiger partial charge >= 0.3 is 0 Å². The number of ether oxygens (including phenoxy) is 5. The fourth-order valence-electron chi connectivity index (χ4n) is 11.8. The molecule has 0 radical (unpaired) electrons. The molecule has 7 bridgehead atoms. The SMILES string of the molecule is C=C1CCCC2=NCC(C)[C@@H](C)C[C@@]23CCC(C([NH3+])C(=O)[O-])=C[C@@H]3[C@@H]2O[C@@]3(CC(C)C(O)C2O3)C[C@H]2CCCC3(CCC4(O[C@@H](CC[C@@]4(C)O)C1)O3)O2. The van der Waals surface area contributed by atoms with Crippen LogP contribution in [0, 0.1) is 29.1 Å². The van der Waals surface area contributed by atoms with Gasteiger partial charge in [0.1, 0.15) is 23.7 Å². The van der Waals surface area contributed by atoms with Gasteiger partial charge in [0.15, 0.2) is 11.6 Å². The van der Waals surface area contributed by atoms with Gasteiger partial charge in [0.2, 0.25) is 5.79 Å². The number of hydrogen-bond donors (Lipinski definition) is 3. The molecule has 7 unspecified atom stereocenters. The molecule has 15 atom stereocenters. The lowest BCUT2D eigenvalue weighted by Crippen LogP contribution is -2.69. The van der Waals surface area contributed by atoms with E-state index in [0.29, 0.717) is 56.8 Å². The maximum Gasteiger partial charge on any atom is 0.200 e. The number of fused-ring (bicyclic) bond motifs is 6. The number of carboxylic acid groups (broad SMARTS) is 1. The molecule has 8 rings (SSSR count). The van der Waals surface area contributed by atoms with Crippen LogP contribution in [0.15, 0.2) is 28.8 Å². The Labute approximate surface area is 315 Å². The predicted octanol–water partition coefficient (Wildman–Crippen LogP) is 3.89. The second-order valence-corrected chi connectivity index (χ2v) is 19.0. The average molecular weight is 741 g/mol. The van der Waals surface area contributed by atoms with Crippen molar-refractivity contribution < 1.29 is 49.5 Å². The Morgan fingerprint density at radius 3 is 2.49 bits per heavy atom. The third-order valence-corrected chi connectivity index (χ3v) is 15.1. The third kappa shape index (κ3) is 6.60. The molecule has 53 heavy (non-hydrogen) atoms. The van der Waals surface area contributed by atoms with Crippen molar-refractivity contribution >= 4 is 11.7 Å². The van der Waals surface area contributed by atoms with Gasteiger partial charge < -0.3 is 49.5 Å². The smallest absolute Gasteiger partial charge is 0.200 e. The first kappa shape index (κ1) is 38.2. The largest absolute Gasteiger partial charge is 0.544 e. The summed E-state index contributed by atoms with van der Waals surface area (Å²) in [5.74, 6) is -3.79. The second kappa shape index (κ2) is 13.7. The fourth-order valence-corrected chi connectivity index (χ4v) is 11.8. The molecular weight excluding hydrogens is 676 g/mol. The van der Waals surface area contributed by atoms with E-state index in [1.807, 2.05) is 6.92 Å². The average Bonchev–Trinajstić information content (AvgIpc) is 3.58. The number of quaternary nitrogens is 1. The molecule has 7 aliphatic heterocycles. The number of aliphatic carboxylic acids is 1. The quantitative estimate of drug-likeness (QED) is 0.356. The van der Waals surface area contributed by atoms with Gasteiger partial charge in [-0.2, -0.15) is 0 Å². The van der Waals surface area contributed by atoms with E-state index < -0.39 is 58.7 Å². The summed E-state index contributed by atoms with van der Waals surface area (Å²) in [6.07, 6.45) is 11.3. The molecule has 6 saturated heterocycles. The Bertz CT molecular complexity index is 1510. The molecule has 0 amide bonds. The summed E-state index contributed by atoms with van der Waals surface area (Å²) in [5.41, 5.74) is 5.51. The monoisotopic (exact) mass is 740 g/mol. The number of aliphatic imine (C=N–C) groups is 1. The van der Waals surface area contributed by atoms with E-state index in [-0.39, 0.29) is 24.0 Å². The topological polar surface area (TPSA) is 167 Å². The van der Waals surface area contributed by atoms with Crippen LogP contribution in [0.25, 0.3) is 0 Å². The standard InChI is InChI=1S/C42H64N2O9/c1-24-8-6-10-32-39(20-25(2)27(4)23-44-32)15-11-28(33(43)37(46)47)19-31(39)35-36-34(45)26(3)21-41(51-35,52-36)22-30-9-7-13-40(49-30)16-17-42(53-40)38(5,48)14-12-29(18-24)50-42/h19,25-27,29-31,33-36,45,48H,1,6-18,20-23,43H2,2-5H3,(H,46,47)/t25-,26?,27?,29-,30+,31+,33?,34?,35-,36?,38+,39+,40?,41+,42?/m0/s1. The zero-order valence-electron chi connectivity index (χ0n) is 32.5. The molecule has 11 nitrogen and oxygen atoms in total. The van der Waals surface area contributed by atoms with Crippen molar-refractivity contribution in [2.75, 3.05) is 6.54 Å². The summed E-state index contributed by atoms with van der Waals surface area (Å²) >= 11 is 0. The maximum absolute atomic E-state index is 12.2. The van der Waals surface area contributed by atoms with Crippen LogP contribution in [0.2, 0.25) is 0 Å². The minimum absolute atomic E-state index is 0.0816. The van der Waals surface area contributed by atoms with Crippen LogP contribution in [0.4, 0.5) is 0 Å². The van der Waals surface area contributed by atoms with E-state index in [4.69, 9.17) is 28.7 Å². The Kier molecular flexibility index (Phi) is 9.91. The molecule has 0 aromatic rings. The first-order valence-electron chi connectivity index (χ1n) is 20.8. The zero-order chi connectivity index (χ0) is 37.6. The summed E-state index contributed by atoms with van der Waals surface area (Å²) in [4.78, 5) is 17.7. The van der Waals surface area contributed by atoms with E-state index in [1.165, 1.54) is 5.71 Å². The Morgan fingerprint density at radius 2 is 1.70 bits per heavy atom. The van der Waals surface area contributed by atoms with Gasteiger partial charge in [0, 0.05) is 55.7 Å². The van der Waals surface area contributed by atoms with Gasteiger partial charge in [-0.15, -0.1) is 0 Å². The molecule has 296 valence electrons. The third-order valence-electron chi connectivity index (χ3n) is 15.1. The van der Waals surface area contributed by atoms with E-state index in [2.05, 4.69) is 39.2 Å². The Balaban J connectivity index is 1.21. The summed E-state index contributed by atoms with van der Waals surface area (Å²) in [6, 6.07) is -0.974. The van der Waals surface area contributed by atoms with Crippen molar-refractivity contribution in [1.29, 1.82) is 0 Å². The summed E-state index contributed by atoms with van der Waals surface area (Å²) < 4.78 is 34.9. The van der Waals surface area contributed by atoms with Crippen LogP contribution in [-0.4, -0.2) is 88.0 Å². The molecule has 4 spiro atoms. The van der Waals surface area contributed by atoms with Crippen molar-refractivity contribution in [2.24, 2.45) is 34.1 Å². The number of carboxylic acids is 1. The van der Waals surface area contributed by atoms with Gasteiger partial charge in [-0.3, -0.25) is 4.99 Å². The van der Waals surface area contributed by atoms with E-state index >= 15 is 0 Å². The number of rotatable bonds is 2. The van der Waals surface area contributed by atoms with Crippen LogP contribution < -0.4 is 10.8 Å². The molecule has 8 aliphatic rings. The second-order valence-electron chi connectivity index (χ2n) is 19.0. The Morgan fingerprint density at radius 1 is 0.906 bits per heavy atom. The molecule has 11 heteroatoms. The fraction of sp³-hybridized carbons (Fsp3) is 0.857. The van der Waals surface area contributed by atoms with Gasteiger partial charge in [0.05, 0.1) is 24.4 Å². The highest BCUT2D eigenvalue weighted by molar-refractivity contribution is 5.91. The molecule has 1 aliphatic carbocycles. The summed E-state index contributed by atoms with van der Waals surface area (Å²) in [6.45, 7) is 13.8. The van der Waals surface area contributed by atoms with Crippen LogP contribution in [0.5, 0.6) is 0 Å². The predicted molar refractivity (Wildman–Crippen MR) is 194 cm³/mol. The molecule has 0 aromatic carbocycles. The Hall–Kier alpha value is -1.70. The van der Waals surface area contributed by atoms with Gasteiger partial charge in [-0.25, -0.2) is 0 Å². The number of nitrogens with zero attached hydrogens (tertiary/aromatic N) is 1. The van der Waals surface area contributed by atoms with E-state index in [0.717, 1.165) is 75.5 Å². The maximum atomic E-state index is 12.2. The zero-order valence-corrected chi connectivity index (χ0v) is 32.5. The van der Waals surface area contributed by atoms with Crippen molar-refractivity contribution in [2.45, 2.75) is 190 Å². The van der Waals surface area contributed by atoms with Gasteiger partial charge in [-0.05, 0) is 101 Å². The summed E-state index contributed by atoms with van der Waals surface area (Å²) in [7, 11) is 0. The number of carbonyl (C=O) groups is 1. The molecule has 5 N–H and O–H groups in total. The lowest BCUT2D eigenvalue weighted by Gasteiger charge is -2.50. The van der Waals surface area contributed by atoms with Gasteiger partial charge in [-0.1, -0.05) is 39.0 Å². The number of carbonyl (C=O) groups excluding carboxylic acids is 1. The van der Waals surface area contributed by atoms with Crippen molar-refractivity contribution in [3.8, 4) is 0 Å². The van der Waals surface area contributed by atoms with Crippen LogP contribution in [-0.2, 0) is 28.5 Å². The normalized spacial score (nSPS) is 50.9. The molecule has 7 heterocycles. The lowest BCUT2D eigenvalue weighted by atomic mass is 9.57. The van der Waals surface area contributed by atoms with E-state index in [1.54, 1.807) is 0 Å². The minimum atomic E-state index is -1.18. The van der Waals surface area contributed by atoms with Crippen molar-refractivity contribution in [3.05, 3.63) is 23.8 Å². The number of hydrogen-bond acceptors (Lipinski definition) is 10. The highest BCUT2D eigenvalue weighted by Crippen LogP contribution is 2.59. The van der Waals surface area contributed by atoms with E-state index in [9.17, 15) is 20.1 Å². The minimum Gasteiger partial charge on any atom is -0.544 e. The molecule has 0 saturated carbocycles. The van der Waals surface area contributed by atoms with Crippen LogP contribution >= 0.6 is 0 Å². The number of aliphatic hydroxyl groups is 2. The number of aliphatic hydroxyl groups excluding tert-OH is 1. The highest BCUT2D eigenvalue weighted by Gasteiger charge is 2.66. The first-order chi connectivity index (χ1) is 25.1.